The number of para-hydroxylation sites is 1. The number of benzene rings is 2. The van der Waals surface area contributed by atoms with E-state index in [0.29, 0.717) is 5.92 Å². The van der Waals surface area contributed by atoms with E-state index >= 15 is 0 Å². The van der Waals surface area contributed by atoms with Gasteiger partial charge in [-0.3, -0.25) is 4.79 Å². The number of hydrogen-bond donors (Lipinski definition) is 1. The number of fused-ring (bicyclic) bond motifs is 1. The minimum Gasteiger partial charge on any atom is -0.347 e. The number of nitrogens with one attached hydrogen (secondary N) is 1. The number of nitrogens with zero attached hydrogens (tertiary/aromatic N) is 3. The highest BCUT2D eigenvalue weighted by Crippen LogP contribution is 2.22. The molecule has 0 aliphatic rings. The number of amides is 1. The molecule has 0 bridgehead atoms. The van der Waals surface area contributed by atoms with Crippen LogP contribution in [0.2, 0.25) is 0 Å². The zero-order valence-electron chi connectivity index (χ0n) is 15.6. The van der Waals surface area contributed by atoms with Crippen molar-refractivity contribution in [3.05, 3.63) is 59.7 Å². The molecular formula is C21H26N4O. The Morgan fingerprint density at radius 1 is 1.12 bits per heavy atom. The summed E-state index contributed by atoms with van der Waals surface area (Å²) < 4.78 is 1.65. The Hall–Kier alpha value is -2.69. The average Bonchev–Trinajstić information content (AvgIpc) is 3.04. The molecule has 0 spiro atoms. The van der Waals surface area contributed by atoms with Crippen LogP contribution in [0.25, 0.3) is 11.0 Å². The van der Waals surface area contributed by atoms with Gasteiger partial charge < -0.3 is 5.32 Å². The Labute approximate surface area is 154 Å². The Kier molecular flexibility index (Phi) is 5.66. The summed E-state index contributed by atoms with van der Waals surface area (Å²) in [6.07, 6.45) is 2.22. The average molecular weight is 350 g/mol. The van der Waals surface area contributed by atoms with Crippen LogP contribution < -0.4 is 5.32 Å². The molecular weight excluding hydrogens is 324 g/mol. The maximum atomic E-state index is 12.6. The molecule has 26 heavy (non-hydrogen) atoms. The van der Waals surface area contributed by atoms with Crippen LogP contribution in [0.3, 0.4) is 0 Å². The molecule has 0 aliphatic heterocycles. The number of rotatable bonds is 7. The van der Waals surface area contributed by atoms with Gasteiger partial charge in [-0.25, -0.2) is 4.68 Å². The van der Waals surface area contributed by atoms with Crippen molar-refractivity contribution in [2.45, 2.75) is 46.2 Å². The van der Waals surface area contributed by atoms with Crippen LogP contribution in [0.4, 0.5) is 0 Å². The van der Waals surface area contributed by atoms with Crippen LogP contribution in [-0.2, 0) is 17.8 Å². The summed E-state index contributed by atoms with van der Waals surface area (Å²) in [5.74, 6) is 0.237. The van der Waals surface area contributed by atoms with Crippen molar-refractivity contribution in [2.24, 2.45) is 5.92 Å². The second-order valence-electron chi connectivity index (χ2n) is 7.02. The van der Waals surface area contributed by atoms with E-state index in [2.05, 4.69) is 60.7 Å². The molecule has 0 saturated carbocycles. The maximum absolute atomic E-state index is 12.6. The second-order valence-corrected chi connectivity index (χ2v) is 7.02. The van der Waals surface area contributed by atoms with E-state index in [4.69, 9.17) is 0 Å². The Morgan fingerprint density at radius 2 is 1.85 bits per heavy atom. The van der Waals surface area contributed by atoms with Crippen LogP contribution in [0, 0.1) is 5.92 Å². The van der Waals surface area contributed by atoms with Crippen molar-refractivity contribution in [1.29, 1.82) is 0 Å². The second kappa shape index (κ2) is 8.13. The highest BCUT2D eigenvalue weighted by molar-refractivity contribution is 5.80. The van der Waals surface area contributed by atoms with Gasteiger partial charge in [-0.2, -0.15) is 0 Å². The molecule has 0 radical (unpaired) electrons. The maximum Gasteiger partial charge on any atom is 0.242 e. The van der Waals surface area contributed by atoms with Gasteiger partial charge in [0.15, 0.2) is 0 Å². The van der Waals surface area contributed by atoms with Crippen LogP contribution in [0.5, 0.6) is 0 Å². The van der Waals surface area contributed by atoms with E-state index < -0.39 is 0 Å². The van der Waals surface area contributed by atoms with Crippen molar-refractivity contribution >= 4 is 16.9 Å². The molecule has 2 aromatic carbocycles. The quantitative estimate of drug-likeness (QED) is 0.703. The van der Waals surface area contributed by atoms with Gasteiger partial charge in [-0.15, -0.1) is 5.10 Å². The largest absolute Gasteiger partial charge is 0.347 e. The van der Waals surface area contributed by atoms with Gasteiger partial charge in [0, 0.05) is 0 Å². The summed E-state index contributed by atoms with van der Waals surface area (Å²) >= 11 is 0. The fraction of sp³-hybridized carbons (Fsp3) is 0.381. The first kappa shape index (κ1) is 18.1. The van der Waals surface area contributed by atoms with E-state index in [9.17, 15) is 4.79 Å². The van der Waals surface area contributed by atoms with E-state index in [1.807, 2.05) is 24.3 Å². The summed E-state index contributed by atoms with van der Waals surface area (Å²) in [5, 5.41) is 11.4. The summed E-state index contributed by atoms with van der Waals surface area (Å²) in [4.78, 5) is 12.6. The summed E-state index contributed by atoms with van der Waals surface area (Å²) in [6, 6.07) is 16.2. The fourth-order valence-electron chi connectivity index (χ4n) is 3.20. The van der Waals surface area contributed by atoms with Gasteiger partial charge in [-0.05, 0) is 35.6 Å². The lowest BCUT2D eigenvalue weighted by molar-refractivity contribution is -0.122. The zero-order chi connectivity index (χ0) is 18.5. The van der Waals surface area contributed by atoms with Gasteiger partial charge in [0.05, 0.1) is 11.6 Å². The Morgan fingerprint density at radius 3 is 2.54 bits per heavy atom. The van der Waals surface area contributed by atoms with Crippen molar-refractivity contribution in [3.63, 3.8) is 0 Å². The molecule has 0 fully saturated rings. The summed E-state index contributed by atoms with van der Waals surface area (Å²) in [5.41, 5.74) is 4.13. The van der Waals surface area contributed by atoms with Gasteiger partial charge >= 0.3 is 0 Å². The smallest absolute Gasteiger partial charge is 0.242 e. The standard InChI is InChI=1S/C21H26N4O/c1-4-7-16-10-12-17(13-11-16)21(15(2)3)22-20(26)14-25-19-9-6-5-8-18(19)23-24-25/h5-6,8-13,15,21H,4,7,14H2,1-3H3,(H,22,26). The Balaban J connectivity index is 1.72. The molecule has 3 aromatic rings. The van der Waals surface area contributed by atoms with Crippen molar-refractivity contribution < 1.29 is 4.79 Å². The molecule has 5 nitrogen and oxygen atoms in total. The Bertz CT molecular complexity index is 867. The molecule has 3 rings (SSSR count). The number of aryl methyl sites for hydroxylation is 1. The van der Waals surface area contributed by atoms with E-state index in [1.165, 1.54) is 5.56 Å². The van der Waals surface area contributed by atoms with Crippen LogP contribution >= 0.6 is 0 Å². The van der Waals surface area contributed by atoms with Crippen molar-refractivity contribution in [3.8, 4) is 0 Å². The van der Waals surface area contributed by atoms with Crippen molar-refractivity contribution in [2.75, 3.05) is 0 Å². The van der Waals surface area contributed by atoms with Crippen LogP contribution in [0.1, 0.15) is 44.4 Å². The highest BCUT2D eigenvalue weighted by atomic mass is 16.2. The minimum absolute atomic E-state index is 0.0204. The normalized spacial score (nSPS) is 12.5. The van der Waals surface area contributed by atoms with Crippen LogP contribution in [0.15, 0.2) is 48.5 Å². The lowest BCUT2D eigenvalue weighted by Gasteiger charge is -2.23. The third kappa shape index (κ3) is 4.10. The molecule has 136 valence electrons. The third-order valence-electron chi connectivity index (χ3n) is 4.57. The highest BCUT2D eigenvalue weighted by Gasteiger charge is 2.19. The third-order valence-corrected chi connectivity index (χ3v) is 4.57. The lowest BCUT2D eigenvalue weighted by Crippen LogP contribution is -2.34. The monoisotopic (exact) mass is 350 g/mol. The first-order chi connectivity index (χ1) is 12.6. The number of carbonyl (C=O) groups is 1. The van der Waals surface area contributed by atoms with Crippen LogP contribution in [-0.4, -0.2) is 20.9 Å². The first-order valence-corrected chi connectivity index (χ1v) is 9.25. The fourth-order valence-corrected chi connectivity index (χ4v) is 3.20. The molecule has 1 atom stereocenters. The first-order valence-electron chi connectivity index (χ1n) is 9.25. The van der Waals surface area contributed by atoms with E-state index in [1.54, 1.807) is 4.68 Å². The van der Waals surface area contributed by atoms with Crippen molar-refractivity contribution in [1.82, 2.24) is 20.3 Å². The van der Waals surface area contributed by atoms with Gasteiger partial charge in [0.1, 0.15) is 12.1 Å². The van der Waals surface area contributed by atoms with E-state index in [0.717, 1.165) is 29.4 Å². The molecule has 1 N–H and O–H groups in total. The number of carbonyl (C=O) groups excluding carboxylic acids is 1. The lowest BCUT2D eigenvalue weighted by atomic mass is 9.94. The van der Waals surface area contributed by atoms with E-state index in [-0.39, 0.29) is 18.5 Å². The summed E-state index contributed by atoms with van der Waals surface area (Å²) in [6.45, 7) is 6.59. The number of aromatic nitrogens is 3. The number of hydrogen-bond acceptors (Lipinski definition) is 3. The predicted molar refractivity (Wildman–Crippen MR) is 104 cm³/mol. The SMILES string of the molecule is CCCc1ccc(C(NC(=O)Cn2nnc3ccccc32)C(C)C)cc1. The molecule has 0 saturated heterocycles. The molecule has 1 aromatic heterocycles. The summed E-state index contributed by atoms with van der Waals surface area (Å²) in [7, 11) is 0. The molecule has 1 unspecified atom stereocenters. The van der Waals surface area contributed by atoms with Gasteiger partial charge in [0.2, 0.25) is 5.91 Å². The molecule has 5 heteroatoms. The van der Waals surface area contributed by atoms with Gasteiger partial charge in [0.25, 0.3) is 0 Å². The topological polar surface area (TPSA) is 59.8 Å². The molecule has 1 amide bonds. The predicted octanol–water partition coefficient (Wildman–Crippen LogP) is 3.90. The molecule has 1 heterocycles. The zero-order valence-corrected chi connectivity index (χ0v) is 15.6. The molecule has 0 aliphatic carbocycles. The van der Waals surface area contributed by atoms with Gasteiger partial charge in [-0.1, -0.05) is 68.8 Å². The minimum atomic E-state index is -0.0583.